The first-order valence-corrected chi connectivity index (χ1v) is 7.36. The monoisotopic (exact) mass is 364 g/mol. The van der Waals surface area contributed by atoms with Crippen LogP contribution in [-0.2, 0) is 0 Å². The minimum absolute atomic E-state index is 0.500. The lowest BCUT2D eigenvalue weighted by molar-refractivity contribution is 0.976. The van der Waals surface area contributed by atoms with Crippen molar-refractivity contribution in [3.63, 3.8) is 0 Å². The van der Waals surface area contributed by atoms with E-state index in [1.165, 1.54) is 0 Å². The molecule has 0 aliphatic carbocycles. The zero-order valence-corrected chi connectivity index (χ0v) is 16.8. The summed E-state index contributed by atoms with van der Waals surface area (Å²) in [4.78, 5) is 0. The fourth-order valence-electron chi connectivity index (χ4n) is 0. The van der Waals surface area contributed by atoms with Crippen LogP contribution in [0.25, 0.3) is 0 Å². The Balaban J connectivity index is -0.0000000168. The van der Waals surface area contributed by atoms with E-state index >= 15 is 0 Å². The van der Waals surface area contributed by atoms with Crippen LogP contribution < -0.4 is 40.1 Å². The van der Waals surface area contributed by atoms with Crippen LogP contribution >= 0.6 is 0 Å². The first kappa shape index (κ1) is 56.6. The maximum absolute atomic E-state index is 4.90. The van der Waals surface area contributed by atoms with Crippen molar-refractivity contribution in [2.45, 2.75) is 0 Å². The van der Waals surface area contributed by atoms with Crippen molar-refractivity contribution < 1.29 is 0 Å². The summed E-state index contributed by atoms with van der Waals surface area (Å²) in [6.07, 6.45) is 0. The average molecular weight is 365 g/mol. The maximum atomic E-state index is 4.90. The molecule has 0 unspecified atom stereocenters. The summed E-state index contributed by atoms with van der Waals surface area (Å²) in [5, 5.41) is 0. The molecule has 0 spiro atoms. The average Bonchev–Trinajstić information content (AvgIpc) is 2.76. The van der Waals surface area contributed by atoms with E-state index < -0.39 is 0 Å². The lowest BCUT2D eigenvalue weighted by atomic mass is 10.7. The smallest absolute Gasteiger partial charge is 0.00461 e. The number of rotatable bonds is 3. The zero-order valence-electron chi connectivity index (χ0n) is 16.8. The molecule has 0 amide bonds. The predicted octanol–water partition coefficient (Wildman–Crippen LogP) is 0.502. The molecule has 0 aromatic heterocycles. The van der Waals surface area contributed by atoms with Crippen LogP contribution in [0.15, 0.2) is 65.8 Å². The summed E-state index contributed by atoms with van der Waals surface area (Å²) < 4.78 is 0. The summed E-state index contributed by atoms with van der Waals surface area (Å²) in [7, 11) is 0. The van der Waals surface area contributed by atoms with E-state index in [9.17, 15) is 0 Å². The highest BCUT2D eigenvalue weighted by atomic mass is 14.6. The van der Waals surface area contributed by atoms with Gasteiger partial charge in [0, 0.05) is 39.3 Å². The highest BCUT2D eigenvalue weighted by Crippen LogP contribution is 1.25. The quantitative estimate of drug-likeness (QED) is 0.356. The Hall–Kier alpha value is -1.58. The molecular formula is C18H50N7. The second-order valence-electron chi connectivity index (χ2n) is 2.02. The lowest BCUT2D eigenvalue weighted by Crippen LogP contribution is -2.11. The minimum atomic E-state index is 0.500. The maximum Gasteiger partial charge on any atom is 0.00461 e. The third kappa shape index (κ3) is 4640. The van der Waals surface area contributed by atoms with Crippen molar-refractivity contribution in [2.75, 3.05) is 45.8 Å². The van der Waals surface area contributed by atoms with E-state index in [0.717, 1.165) is 0 Å². The van der Waals surface area contributed by atoms with E-state index in [1.54, 1.807) is 0 Å². The molecule has 7 heteroatoms. The Morgan fingerprint density at radius 3 is 0.360 bits per heavy atom. The molecule has 0 aliphatic rings. The number of hydrogen-bond acceptors (Lipinski definition) is 7. The minimum Gasteiger partial charge on any atom is -0.330 e. The molecule has 157 valence electrons. The highest BCUT2D eigenvalue weighted by molar-refractivity contribution is 4.27. The van der Waals surface area contributed by atoms with Crippen molar-refractivity contribution in [3.8, 4) is 0 Å². The van der Waals surface area contributed by atoms with Crippen LogP contribution in [0.2, 0.25) is 0 Å². The highest BCUT2D eigenvalue weighted by Gasteiger charge is 1.55. The van der Waals surface area contributed by atoms with Gasteiger partial charge in [-0.05, 0) is 13.5 Å². The van der Waals surface area contributed by atoms with Gasteiger partial charge >= 0.3 is 0 Å². The Morgan fingerprint density at radius 2 is 0.360 bits per heavy atom. The van der Waals surface area contributed by atoms with E-state index in [4.69, 9.17) is 40.1 Å². The van der Waals surface area contributed by atoms with Crippen LogP contribution in [0.5, 0.6) is 0 Å². The predicted molar refractivity (Wildman–Crippen MR) is 125 cm³/mol. The molecule has 25 heavy (non-hydrogen) atoms. The molecule has 0 bridgehead atoms. The Bertz CT molecular complexity index is 80.3. The summed E-state index contributed by atoms with van der Waals surface area (Å²) in [6, 6.07) is 0. The van der Waals surface area contributed by atoms with Crippen molar-refractivity contribution in [2.24, 2.45) is 40.1 Å². The molecule has 14 N–H and O–H groups in total. The molecule has 0 heterocycles. The fraction of sp³-hybridized carbons (Fsp3) is 0.389. The second-order valence-corrected chi connectivity index (χ2v) is 2.02. The summed E-state index contributed by atoms with van der Waals surface area (Å²) >= 11 is 0. The standard InChI is InChI=1S/3C2H8N2.C2H6N.5C2H4/c3*3-1-2-4;1-2-3;5*1-2/h3*1-4H2;1-3H2;5*1-2H2. The van der Waals surface area contributed by atoms with Gasteiger partial charge in [-0.25, -0.2) is 0 Å². The Morgan fingerprint density at radius 1 is 0.320 bits per heavy atom. The molecule has 0 saturated carbocycles. The molecular weight excluding hydrogens is 314 g/mol. The molecule has 0 saturated heterocycles. The van der Waals surface area contributed by atoms with Crippen molar-refractivity contribution in [1.82, 2.24) is 0 Å². The molecule has 7 nitrogen and oxygen atoms in total. The molecule has 1 radical (unpaired) electrons. The van der Waals surface area contributed by atoms with Crippen molar-refractivity contribution in [1.29, 1.82) is 0 Å². The second kappa shape index (κ2) is 350. The Labute approximate surface area is 159 Å². The van der Waals surface area contributed by atoms with Crippen molar-refractivity contribution in [3.05, 3.63) is 72.7 Å². The van der Waals surface area contributed by atoms with E-state index in [-0.39, 0.29) is 0 Å². The molecule has 0 rings (SSSR count). The van der Waals surface area contributed by atoms with Gasteiger partial charge in [-0.1, -0.05) is 0 Å². The van der Waals surface area contributed by atoms with Gasteiger partial charge in [-0.2, -0.15) is 0 Å². The zero-order chi connectivity index (χ0) is 22.9. The molecule has 0 aromatic rings. The van der Waals surface area contributed by atoms with Crippen LogP contribution in [0, 0.1) is 6.92 Å². The number of nitrogens with two attached hydrogens (primary N) is 7. The van der Waals surface area contributed by atoms with E-state index in [1.807, 2.05) is 0 Å². The third-order valence-corrected chi connectivity index (χ3v) is 0.500. The van der Waals surface area contributed by atoms with Crippen LogP contribution in [0.4, 0.5) is 0 Å². The fourth-order valence-corrected chi connectivity index (χ4v) is 0. The molecule has 0 atom stereocenters. The molecule has 0 aromatic carbocycles. The summed E-state index contributed by atoms with van der Waals surface area (Å²) in [6.45, 7) is 37.3. The summed E-state index contributed by atoms with van der Waals surface area (Å²) in [5.41, 5.74) is 34.2. The topological polar surface area (TPSA) is 182 Å². The lowest BCUT2D eigenvalue weighted by Gasteiger charge is -1.72. The van der Waals surface area contributed by atoms with Gasteiger partial charge in [0.25, 0.3) is 0 Å². The Kier molecular flexibility index (Phi) is 793. The third-order valence-electron chi connectivity index (χ3n) is 0.500. The van der Waals surface area contributed by atoms with E-state index in [2.05, 4.69) is 72.7 Å². The van der Waals surface area contributed by atoms with Crippen LogP contribution in [0.3, 0.4) is 0 Å². The van der Waals surface area contributed by atoms with Gasteiger partial charge in [0.2, 0.25) is 0 Å². The van der Waals surface area contributed by atoms with E-state index in [0.29, 0.717) is 45.8 Å². The van der Waals surface area contributed by atoms with Gasteiger partial charge in [-0.3, -0.25) is 0 Å². The molecule has 0 fully saturated rings. The van der Waals surface area contributed by atoms with Gasteiger partial charge in [0.1, 0.15) is 0 Å². The van der Waals surface area contributed by atoms with Crippen LogP contribution in [0.1, 0.15) is 0 Å². The van der Waals surface area contributed by atoms with Crippen molar-refractivity contribution >= 4 is 0 Å². The first-order chi connectivity index (χ1) is 12.2. The largest absolute Gasteiger partial charge is 0.330 e. The SMILES string of the molecule is C=C.C=C.C=C.C=C.C=C.NCCN.NCCN.NCCN.[CH2]CN. The molecule has 0 aliphatic heterocycles. The van der Waals surface area contributed by atoms with Gasteiger partial charge in [-0.15, -0.1) is 65.8 Å². The number of hydrogen-bond donors (Lipinski definition) is 7. The van der Waals surface area contributed by atoms with Gasteiger partial charge in [0.05, 0.1) is 0 Å². The first-order valence-electron chi connectivity index (χ1n) is 7.36. The summed E-state index contributed by atoms with van der Waals surface area (Å²) in [5.74, 6) is 0. The van der Waals surface area contributed by atoms with Gasteiger partial charge < -0.3 is 40.1 Å². The normalized spacial score (nSPS) is 5.12. The van der Waals surface area contributed by atoms with Gasteiger partial charge in [0.15, 0.2) is 0 Å². The van der Waals surface area contributed by atoms with Crippen LogP contribution in [-0.4, -0.2) is 45.8 Å².